The lowest BCUT2D eigenvalue weighted by molar-refractivity contribution is 0.0514. The van der Waals surface area contributed by atoms with E-state index in [1.165, 1.54) is 0 Å². The minimum Gasteiger partial charge on any atom is -0.461 e. The molecule has 0 fully saturated rings. The van der Waals surface area contributed by atoms with Crippen molar-refractivity contribution in [1.29, 1.82) is 0 Å². The highest BCUT2D eigenvalue weighted by Crippen LogP contribution is 2.10. The Morgan fingerprint density at radius 2 is 2.47 bits per heavy atom. The van der Waals surface area contributed by atoms with Gasteiger partial charge in [-0.1, -0.05) is 12.1 Å². The second kappa shape index (κ2) is 5.50. The van der Waals surface area contributed by atoms with Gasteiger partial charge in [-0.3, -0.25) is 0 Å². The maximum absolute atomic E-state index is 11.2. The number of aliphatic hydroxyl groups excluding tert-OH is 1. The number of hydrogen-bond donors (Lipinski definition) is 1. The summed E-state index contributed by atoms with van der Waals surface area (Å²) in [5.41, 5.74) is 0.178. The molecule has 15 heavy (non-hydrogen) atoms. The van der Waals surface area contributed by atoms with Crippen molar-refractivity contribution in [3.63, 3.8) is 0 Å². The summed E-state index contributed by atoms with van der Waals surface area (Å²) in [5.74, 6) is 0.191. The van der Waals surface area contributed by atoms with Gasteiger partial charge in [-0.15, -0.1) is 0 Å². The fourth-order valence-corrected chi connectivity index (χ4v) is 1.12. The maximum atomic E-state index is 11.2. The van der Waals surface area contributed by atoms with Gasteiger partial charge in [0.2, 0.25) is 0 Å². The highest BCUT2D eigenvalue weighted by atomic mass is 16.5. The zero-order valence-corrected chi connectivity index (χ0v) is 8.90. The van der Waals surface area contributed by atoms with Crippen LogP contribution in [0.25, 0.3) is 0 Å². The van der Waals surface area contributed by atoms with Crippen LogP contribution in [0.3, 0.4) is 0 Å². The number of nitrogens with zero attached hydrogens (tertiary/aromatic N) is 1. The Morgan fingerprint density at radius 3 is 3.07 bits per heavy atom. The minimum absolute atomic E-state index is 0.0788. The molecule has 0 aliphatic carbocycles. The van der Waals surface area contributed by atoms with Crippen molar-refractivity contribution in [2.75, 3.05) is 13.2 Å². The van der Waals surface area contributed by atoms with Crippen LogP contribution in [-0.4, -0.2) is 29.4 Å². The molecule has 1 rings (SSSR count). The van der Waals surface area contributed by atoms with Crippen LogP contribution in [0.5, 0.6) is 0 Å². The van der Waals surface area contributed by atoms with Crippen LogP contribution in [0.2, 0.25) is 0 Å². The highest BCUT2D eigenvalue weighted by molar-refractivity contribution is 5.87. The van der Waals surface area contributed by atoms with Gasteiger partial charge >= 0.3 is 5.97 Å². The molecule has 1 N–H and O–H groups in total. The molecule has 1 aromatic heterocycles. The van der Waals surface area contributed by atoms with E-state index in [0.717, 1.165) is 0 Å². The molecular weight excluding hydrogens is 198 g/mol. The van der Waals surface area contributed by atoms with Crippen LogP contribution in [0.1, 0.15) is 30.1 Å². The first-order valence-corrected chi connectivity index (χ1v) is 4.91. The van der Waals surface area contributed by atoms with Gasteiger partial charge < -0.3 is 14.4 Å². The molecule has 0 bridgehead atoms. The Bertz CT molecular complexity index is 321. The number of aromatic nitrogens is 1. The minimum atomic E-state index is -0.482. The Labute approximate surface area is 88.0 Å². The number of esters is 1. The van der Waals surface area contributed by atoms with E-state index in [4.69, 9.17) is 14.4 Å². The lowest BCUT2D eigenvalue weighted by atomic mass is 10.1. The van der Waals surface area contributed by atoms with Gasteiger partial charge in [0, 0.05) is 19.1 Å². The Kier molecular flexibility index (Phi) is 4.30. The average molecular weight is 213 g/mol. The van der Waals surface area contributed by atoms with Crippen molar-refractivity contribution >= 4 is 5.97 Å². The van der Waals surface area contributed by atoms with E-state index in [9.17, 15) is 4.79 Å². The average Bonchev–Trinajstić information content (AvgIpc) is 2.66. The number of hydrogen-bond acceptors (Lipinski definition) is 5. The summed E-state index contributed by atoms with van der Waals surface area (Å²) in [7, 11) is 0. The van der Waals surface area contributed by atoms with E-state index in [1.54, 1.807) is 13.0 Å². The van der Waals surface area contributed by atoms with Gasteiger partial charge in [-0.2, -0.15) is 0 Å². The fraction of sp³-hybridized carbons (Fsp3) is 0.600. The molecule has 0 spiro atoms. The molecule has 1 atom stereocenters. The zero-order valence-electron chi connectivity index (χ0n) is 8.90. The van der Waals surface area contributed by atoms with E-state index in [-0.39, 0.29) is 18.2 Å². The SMILES string of the molecule is CCOC(=O)c1cc(CC(C)CO)on1. The topological polar surface area (TPSA) is 72.6 Å². The lowest BCUT2D eigenvalue weighted by Gasteiger charge is -2.01. The predicted molar refractivity (Wildman–Crippen MR) is 52.4 cm³/mol. The molecule has 0 aliphatic heterocycles. The summed E-state index contributed by atoms with van der Waals surface area (Å²) < 4.78 is 9.70. The van der Waals surface area contributed by atoms with Crippen LogP contribution in [0.15, 0.2) is 10.6 Å². The van der Waals surface area contributed by atoms with E-state index >= 15 is 0 Å². The van der Waals surface area contributed by atoms with Gasteiger partial charge in [-0.25, -0.2) is 4.79 Å². The first-order chi connectivity index (χ1) is 7.17. The van der Waals surface area contributed by atoms with Crippen LogP contribution in [0.4, 0.5) is 0 Å². The quantitative estimate of drug-likeness (QED) is 0.739. The summed E-state index contributed by atoms with van der Waals surface area (Å²) in [6, 6.07) is 1.55. The summed E-state index contributed by atoms with van der Waals surface area (Å²) >= 11 is 0. The summed E-state index contributed by atoms with van der Waals surface area (Å²) in [4.78, 5) is 11.2. The fourth-order valence-electron chi connectivity index (χ4n) is 1.12. The second-order valence-corrected chi connectivity index (χ2v) is 3.39. The van der Waals surface area contributed by atoms with Gasteiger partial charge in [0.15, 0.2) is 5.69 Å². The number of rotatable bonds is 5. The number of aliphatic hydroxyl groups is 1. The van der Waals surface area contributed by atoms with Gasteiger partial charge in [-0.05, 0) is 12.8 Å². The Hall–Kier alpha value is -1.36. The van der Waals surface area contributed by atoms with E-state index in [2.05, 4.69) is 5.16 Å². The van der Waals surface area contributed by atoms with Crippen molar-refractivity contribution < 1.29 is 19.2 Å². The third-order valence-corrected chi connectivity index (χ3v) is 1.90. The van der Waals surface area contributed by atoms with Crippen LogP contribution in [-0.2, 0) is 11.2 Å². The van der Waals surface area contributed by atoms with Crippen molar-refractivity contribution in [1.82, 2.24) is 5.16 Å². The molecule has 5 nitrogen and oxygen atoms in total. The van der Waals surface area contributed by atoms with E-state index < -0.39 is 5.97 Å². The molecule has 84 valence electrons. The lowest BCUT2D eigenvalue weighted by Crippen LogP contribution is -2.05. The standard InChI is InChI=1S/C10H15NO4/c1-3-14-10(13)9-5-8(15-11-9)4-7(2)6-12/h5,7,12H,3-4,6H2,1-2H3. The number of ether oxygens (including phenoxy) is 1. The smallest absolute Gasteiger partial charge is 0.360 e. The van der Waals surface area contributed by atoms with Crippen molar-refractivity contribution in [2.45, 2.75) is 20.3 Å². The van der Waals surface area contributed by atoms with Gasteiger partial charge in [0.25, 0.3) is 0 Å². The molecule has 1 aromatic rings. The monoisotopic (exact) mass is 213 g/mol. The number of carbonyl (C=O) groups is 1. The molecule has 0 amide bonds. The van der Waals surface area contributed by atoms with Crippen LogP contribution >= 0.6 is 0 Å². The molecule has 0 saturated carbocycles. The maximum Gasteiger partial charge on any atom is 0.360 e. The molecule has 0 aromatic carbocycles. The molecular formula is C10H15NO4. The summed E-state index contributed by atoms with van der Waals surface area (Å²) in [5, 5.41) is 12.4. The first-order valence-electron chi connectivity index (χ1n) is 4.91. The normalized spacial score (nSPS) is 12.5. The van der Waals surface area contributed by atoms with Gasteiger partial charge in [0.05, 0.1) is 6.61 Å². The van der Waals surface area contributed by atoms with E-state index in [0.29, 0.717) is 18.8 Å². The molecule has 0 saturated heterocycles. The van der Waals surface area contributed by atoms with E-state index in [1.807, 2.05) is 6.92 Å². The Morgan fingerprint density at radius 1 is 1.73 bits per heavy atom. The molecule has 1 heterocycles. The molecule has 0 radical (unpaired) electrons. The first kappa shape index (κ1) is 11.7. The second-order valence-electron chi connectivity index (χ2n) is 3.39. The highest BCUT2D eigenvalue weighted by Gasteiger charge is 2.14. The van der Waals surface area contributed by atoms with Gasteiger partial charge in [0.1, 0.15) is 5.76 Å². The van der Waals surface area contributed by atoms with Crippen molar-refractivity contribution in [3.05, 3.63) is 17.5 Å². The van der Waals surface area contributed by atoms with Crippen LogP contribution < -0.4 is 0 Å². The largest absolute Gasteiger partial charge is 0.461 e. The summed E-state index contributed by atoms with van der Waals surface area (Å²) in [6.07, 6.45) is 0.558. The van der Waals surface area contributed by atoms with Crippen LogP contribution in [0, 0.1) is 5.92 Å². The summed E-state index contributed by atoms with van der Waals surface area (Å²) in [6.45, 7) is 4.00. The third kappa shape index (κ3) is 3.36. The molecule has 1 unspecified atom stereocenters. The van der Waals surface area contributed by atoms with Crippen molar-refractivity contribution in [2.24, 2.45) is 5.92 Å². The Balaban J connectivity index is 2.59. The predicted octanol–water partition coefficient (Wildman–Crippen LogP) is 1.02. The molecule has 0 aliphatic rings. The third-order valence-electron chi connectivity index (χ3n) is 1.90. The number of carbonyl (C=O) groups excluding carboxylic acids is 1. The van der Waals surface area contributed by atoms with Crippen molar-refractivity contribution in [3.8, 4) is 0 Å². The zero-order chi connectivity index (χ0) is 11.3. The molecule has 5 heteroatoms.